The summed E-state index contributed by atoms with van der Waals surface area (Å²) in [6.07, 6.45) is 1.41. The van der Waals surface area contributed by atoms with Gasteiger partial charge in [0.25, 0.3) is 0 Å². The first kappa shape index (κ1) is 12.9. The molecule has 1 heterocycles. The summed E-state index contributed by atoms with van der Waals surface area (Å²) in [6, 6.07) is 7.87. The number of imidazole rings is 1. The van der Waals surface area contributed by atoms with Crippen LogP contribution < -0.4 is 0 Å². The minimum absolute atomic E-state index is 0.338. The molecule has 0 radical (unpaired) electrons. The van der Waals surface area contributed by atoms with Crippen molar-refractivity contribution >= 4 is 22.6 Å². The van der Waals surface area contributed by atoms with Crippen LogP contribution in [0.1, 0.15) is 26.1 Å². The van der Waals surface area contributed by atoms with Crippen molar-refractivity contribution < 1.29 is 0 Å². The quantitative estimate of drug-likeness (QED) is 0.840. The summed E-state index contributed by atoms with van der Waals surface area (Å²) in [7, 11) is 0. The zero-order valence-electron chi connectivity index (χ0n) is 10.7. The molecule has 0 aliphatic rings. The number of halogens is 1. The first-order valence-corrected chi connectivity index (χ1v) is 6.51. The number of nitriles is 1. The number of nitrogens with zero attached hydrogens (tertiary/aromatic N) is 3. The Kier molecular flexibility index (Phi) is 3.88. The molecule has 0 unspecified atom stereocenters. The number of aryl methyl sites for hydroxylation is 1. The van der Waals surface area contributed by atoms with Gasteiger partial charge in [-0.25, -0.2) is 4.98 Å². The molecule has 0 bridgehead atoms. The van der Waals surface area contributed by atoms with Gasteiger partial charge in [0.2, 0.25) is 0 Å². The number of aromatic nitrogens is 2. The molecule has 0 saturated carbocycles. The first-order chi connectivity index (χ1) is 8.61. The molecule has 0 saturated heterocycles. The maximum Gasteiger partial charge on any atom is 0.124 e. The molecule has 18 heavy (non-hydrogen) atoms. The summed E-state index contributed by atoms with van der Waals surface area (Å²) in [5.74, 6) is 1.46. The van der Waals surface area contributed by atoms with Gasteiger partial charge >= 0.3 is 0 Å². The Morgan fingerprint density at radius 2 is 2.22 bits per heavy atom. The van der Waals surface area contributed by atoms with Crippen LogP contribution in [0.25, 0.3) is 11.0 Å². The molecule has 2 aromatic rings. The van der Waals surface area contributed by atoms with Crippen LogP contribution in [0, 0.1) is 17.2 Å². The summed E-state index contributed by atoms with van der Waals surface area (Å²) in [6.45, 7) is 5.28. The molecule has 0 amide bonds. The maximum atomic E-state index is 8.87. The highest BCUT2D eigenvalue weighted by Gasteiger charge is 2.11. The molecule has 0 spiro atoms. The van der Waals surface area contributed by atoms with Crippen molar-refractivity contribution in [2.24, 2.45) is 5.92 Å². The minimum atomic E-state index is 0.338. The Morgan fingerprint density at radius 3 is 2.89 bits per heavy atom. The van der Waals surface area contributed by atoms with E-state index < -0.39 is 0 Å². The van der Waals surface area contributed by atoms with Gasteiger partial charge in [-0.2, -0.15) is 5.26 Å². The molecule has 0 aliphatic heterocycles. The lowest BCUT2D eigenvalue weighted by atomic mass is 10.1. The Bertz CT molecular complexity index is 593. The molecule has 0 N–H and O–H groups in total. The Hall–Kier alpha value is -1.53. The monoisotopic (exact) mass is 261 g/mol. The van der Waals surface area contributed by atoms with Gasteiger partial charge < -0.3 is 4.57 Å². The third-order valence-corrected chi connectivity index (χ3v) is 3.19. The van der Waals surface area contributed by atoms with E-state index in [1.54, 1.807) is 0 Å². The molecule has 4 heteroatoms. The van der Waals surface area contributed by atoms with Gasteiger partial charge in [-0.1, -0.05) is 25.4 Å². The average Bonchev–Trinajstić information content (AvgIpc) is 2.63. The second kappa shape index (κ2) is 5.41. The molecule has 0 atom stereocenters. The summed E-state index contributed by atoms with van der Waals surface area (Å²) in [4.78, 5) is 4.50. The number of hydrogen-bond donors (Lipinski definition) is 0. The summed E-state index contributed by atoms with van der Waals surface area (Å²) >= 11 is 5.97. The largest absolute Gasteiger partial charge is 0.327 e. The lowest BCUT2D eigenvalue weighted by molar-refractivity contribution is 0.515. The van der Waals surface area contributed by atoms with E-state index >= 15 is 0 Å². The van der Waals surface area contributed by atoms with E-state index in [9.17, 15) is 0 Å². The number of fused-ring (bicyclic) bond motifs is 1. The van der Waals surface area contributed by atoms with Crippen LogP contribution in [0.3, 0.4) is 0 Å². The van der Waals surface area contributed by atoms with Crippen LogP contribution in [0.15, 0.2) is 18.2 Å². The predicted octanol–water partition coefficient (Wildman–Crippen LogP) is 3.80. The summed E-state index contributed by atoms with van der Waals surface area (Å²) in [5, 5.41) is 9.55. The molecule has 94 valence electrons. The van der Waals surface area contributed by atoms with Crippen molar-refractivity contribution in [1.82, 2.24) is 9.55 Å². The van der Waals surface area contributed by atoms with Crippen LogP contribution in [0.2, 0.25) is 5.02 Å². The van der Waals surface area contributed by atoms with E-state index in [0.29, 0.717) is 17.4 Å². The highest BCUT2D eigenvalue weighted by atomic mass is 35.5. The van der Waals surface area contributed by atoms with Crippen molar-refractivity contribution in [1.29, 1.82) is 5.26 Å². The van der Waals surface area contributed by atoms with Crippen molar-refractivity contribution in [2.45, 2.75) is 33.2 Å². The Labute approximate surface area is 112 Å². The smallest absolute Gasteiger partial charge is 0.124 e. The Morgan fingerprint density at radius 1 is 1.44 bits per heavy atom. The van der Waals surface area contributed by atoms with Crippen LogP contribution in [0.5, 0.6) is 0 Å². The fourth-order valence-electron chi connectivity index (χ4n) is 2.00. The van der Waals surface area contributed by atoms with Gasteiger partial charge in [0.1, 0.15) is 5.82 Å². The first-order valence-electron chi connectivity index (χ1n) is 6.13. The number of hydrogen-bond acceptors (Lipinski definition) is 2. The minimum Gasteiger partial charge on any atom is -0.327 e. The highest BCUT2D eigenvalue weighted by Crippen LogP contribution is 2.21. The van der Waals surface area contributed by atoms with Crippen LogP contribution in [-0.2, 0) is 13.0 Å². The van der Waals surface area contributed by atoms with Gasteiger partial charge in [-0.05, 0) is 30.5 Å². The van der Waals surface area contributed by atoms with Crippen LogP contribution in [0.4, 0.5) is 0 Å². The average molecular weight is 262 g/mol. The third kappa shape index (κ3) is 2.65. The zero-order valence-corrected chi connectivity index (χ0v) is 11.4. The molecular formula is C14H16ClN3. The summed E-state index contributed by atoms with van der Waals surface area (Å²) < 4.78 is 2.13. The van der Waals surface area contributed by atoms with Gasteiger partial charge in [-0.3, -0.25) is 0 Å². The third-order valence-electron chi connectivity index (χ3n) is 2.96. The van der Waals surface area contributed by atoms with E-state index in [1.165, 1.54) is 0 Å². The highest BCUT2D eigenvalue weighted by molar-refractivity contribution is 6.31. The fourth-order valence-corrected chi connectivity index (χ4v) is 2.16. The van der Waals surface area contributed by atoms with Gasteiger partial charge in [0.15, 0.2) is 0 Å². The van der Waals surface area contributed by atoms with E-state index in [1.807, 2.05) is 18.2 Å². The standard InChI is InChI=1S/C14H16ClN3/c1-10(2)6-8-18-13-4-3-11(15)9-12(13)17-14(18)5-7-16/h3-4,9-10H,5-6,8H2,1-2H3. The molecule has 0 aliphatic carbocycles. The lowest BCUT2D eigenvalue weighted by Gasteiger charge is -2.09. The van der Waals surface area contributed by atoms with Crippen molar-refractivity contribution in [3.8, 4) is 6.07 Å². The molecule has 0 fully saturated rings. The van der Waals surface area contributed by atoms with Crippen molar-refractivity contribution in [3.05, 3.63) is 29.0 Å². The van der Waals surface area contributed by atoms with Crippen molar-refractivity contribution in [2.75, 3.05) is 0 Å². The molecule has 1 aromatic heterocycles. The second-order valence-corrected chi connectivity index (χ2v) is 5.27. The predicted molar refractivity (Wildman–Crippen MR) is 73.5 cm³/mol. The van der Waals surface area contributed by atoms with Gasteiger partial charge in [0.05, 0.1) is 23.5 Å². The van der Waals surface area contributed by atoms with E-state index in [0.717, 1.165) is 29.8 Å². The van der Waals surface area contributed by atoms with E-state index in [2.05, 4.69) is 29.5 Å². The lowest BCUT2D eigenvalue weighted by Crippen LogP contribution is -2.05. The Balaban J connectivity index is 2.45. The number of rotatable bonds is 4. The van der Waals surface area contributed by atoms with Crippen molar-refractivity contribution in [3.63, 3.8) is 0 Å². The number of benzene rings is 1. The normalized spacial score (nSPS) is 11.1. The van der Waals surface area contributed by atoms with Gasteiger partial charge in [0, 0.05) is 11.6 Å². The fraction of sp³-hybridized carbons (Fsp3) is 0.429. The zero-order chi connectivity index (χ0) is 13.1. The van der Waals surface area contributed by atoms with Gasteiger partial charge in [-0.15, -0.1) is 0 Å². The van der Waals surface area contributed by atoms with Crippen LogP contribution in [-0.4, -0.2) is 9.55 Å². The summed E-state index contributed by atoms with van der Waals surface area (Å²) in [5.41, 5.74) is 1.93. The molecular weight excluding hydrogens is 246 g/mol. The topological polar surface area (TPSA) is 41.6 Å². The van der Waals surface area contributed by atoms with Crippen LogP contribution >= 0.6 is 11.6 Å². The second-order valence-electron chi connectivity index (χ2n) is 4.83. The molecule has 1 aromatic carbocycles. The van der Waals surface area contributed by atoms with E-state index in [4.69, 9.17) is 16.9 Å². The molecule has 2 rings (SSSR count). The molecule has 3 nitrogen and oxygen atoms in total. The van der Waals surface area contributed by atoms with E-state index in [-0.39, 0.29) is 0 Å². The maximum absolute atomic E-state index is 8.87. The SMILES string of the molecule is CC(C)CCn1c(CC#N)nc2cc(Cl)ccc21.